The van der Waals surface area contributed by atoms with Gasteiger partial charge >= 0.3 is 0 Å². The molecule has 0 aliphatic heterocycles. The predicted molar refractivity (Wildman–Crippen MR) is 76.3 cm³/mol. The summed E-state index contributed by atoms with van der Waals surface area (Å²) in [7, 11) is 3.04. The molecule has 0 unspecified atom stereocenters. The van der Waals surface area contributed by atoms with E-state index >= 15 is 0 Å². The van der Waals surface area contributed by atoms with Crippen molar-refractivity contribution in [2.45, 2.75) is 44.4 Å². The van der Waals surface area contributed by atoms with E-state index in [1.165, 1.54) is 14.2 Å². The molecule has 0 bridgehead atoms. The molecule has 0 amide bonds. The van der Waals surface area contributed by atoms with Crippen molar-refractivity contribution >= 4 is 0 Å². The number of methoxy groups -OCH3 is 2. The molecule has 0 heterocycles. The average molecular weight is 281 g/mol. The summed E-state index contributed by atoms with van der Waals surface area (Å²) >= 11 is 0. The lowest BCUT2D eigenvalue weighted by Gasteiger charge is -2.26. The van der Waals surface area contributed by atoms with Crippen LogP contribution in [0.3, 0.4) is 0 Å². The Hall–Kier alpha value is -1.46. The van der Waals surface area contributed by atoms with E-state index in [-0.39, 0.29) is 11.9 Å². The zero-order valence-electron chi connectivity index (χ0n) is 12.1. The van der Waals surface area contributed by atoms with Crippen molar-refractivity contribution in [2.75, 3.05) is 14.2 Å². The molecule has 20 heavy (non-hydrogen) atoms. The number of hydrogen-bond donors (Lipinski definition) is 3. The molecule has 0 spiro atoms. The van der Waals surface area contributed by atoms with Gasteiger partial charge < -0.3 is 25.0 Å². The quantitative estimate of drug-likeness (QED) is 0.767. The molecule has 2 rings (SSSR count). The maximum atomic E-state index is 9.86. The third-order valence-corrected chi connectivity index (χ3v) is 3.83. The first-order chi connectivity index (χ1) is 9.63. The lowest BCUT2D eigenvalue weighted by atomic mass is 9.93. The standard InChI is InChI=1S/C15H23NO4/c1-19-13-7-10(8-14(20-2)15(13)18)9-16-11-3-5-12(17)6-4-11/h7-8,11-12,16-18H,3-6,9H2,1-2H3. The van der Waals surface area contributed by atoms with Crippen molar-refractivity contribution in [3.8, 4) is 17.2 Å². The molecule has 3 N–H and O–H groups in total. The van der Waals surface area contributed by atoms with Crippen molar-refractivity contribution in [1.29, 1.82) is 0 Å². The Morgan fingerprint density at radius 1 is 1.10 bits per heavy atom. The molecule has 112 valence electrons. The topological polar surface area (TPSA) is 71.0 Å². The molecule has 5 nitrogen and oxygen atoms in total. The maximum absolute atomic E-state index is 9.86. The molecule has 0 atom stereocenters. The van der Waals surface area contributed by atoms with Gasteiger partial charge in [0.25, 0.3) is 0 Å². The number of nitrogens with one attached hydrogen (secondary N) is 1. The SMILES string of the molecule is COc1cc(CNC2CCC(O)CC2)cc(OC)c1O. The van der Waals surface area contributed by atoms with Gasteiger partial charge in [-0.05, 0) is 43.4 Å². The van der Waals surface area contributed by atoms with Crippen LogP contribution >= 0.6 is 0 Å². The smallest absolute Gasteiger partial charge is 0.200 e. The van der Waals surface area contributed by atoms with Crippen LogP contribution in [0.4, 0.5) is 0 Å². The normalized spacial score (nSPS) is 22.6. The summed E-state index contributed by atoms with van der Waals surface area (Å²) < 4.78 is 10.3. The second-order valence-corrected chi connectivity index (χ2v) is 5.24. The lowest BCUT2D eigenvalue weighted by molar-refractivity contribution is 0.116. The fourth-order valence-electron chi connectivity index (χ4n) is 2.59. The van der Waals surface area contributed by atoms with E-state index in [9.17, 15) is 10.2 Å². The molecular formula is C15H23NO4. The number of phenolic OH excluding ortho intramolecular Hbond substituents is 1. The highest BCUT2D eigenvalue weighted by Crippen LogP contribution is 2.37. The summed E-state index contributed by atoms with van der Waals surface area (Å²) in [4.78, 5) is 0. The first kappa shape index (κ1) is 14.9. The van der Waals surface area contributed by atoms with Gasteiger partial charge in [-0.15, -0.1) is 0 Å². The molecule has 0 aromatic heterocycles. The van der Waals surface area contributed by atoms with Crippen LogP contribution in [-0.2, 0) is 6.54 Å². The van der Waals surface area contributed by atoms with E-state index in [0.717, 1.165) is 31.2 Å². The van der Waals surface area contributed by atoms with Crippen LogP contribution in [0, 0.1) is 0 Å². The summed E-state index contributed by atoms with van der Waals surface area (Å²) in [6.45, 7) is 0.688. The Morgan fingerprint density at radius 2 is 1.65 bits per heavy atom. The van der Waals surface area contributed by atoms with Gasteiger partial charge in [0.1, 0.15) is 0 Å². The van der Waals surface area contributed by atoms with E-state index < -0.39 is 0 Å². The van der Waals surface area contributed by atoms with Gasteiger partial charge in [-0.25, -0.2) is 0 Å². The number of ether oxygens (including phenoxy) is 2. The maximum Gasteiger partial charge on any atom is 0.200 e. The van der Waals surface area contributed by atoms with Crippen LogP contribution in [0.1, 0.15) is 31.2 Å². The number of aliphatic hydroxyl groups excluding tert-OH is 1. The Morgan fingerprint density at radius 3 is 2.15 bits per heavy atom. The average Bonchev–Trinajstić information content (AvgIpc) is 2.47. The zero-order chi connectivity index (χ0) is 14.5. The number of benzene rings is 1. The third-order valence-electron chi connectivity index (χ3n) is 3.83. The molecule has 1 aliphatic carbocycles. The largest absolute Gasteiger partial charge is 0.502 e. The number of phenols is 1. The van der Waals surface area contributed by atoms with Gasteiger partial charge in [0.15, 0.2) is 11.5 Å². The Labute approximate surface area is 119 Å². The molecule has 0 saturated heterocycles. The van der Waals surface area contributed by atoms with Crippen LogP contribution in [0.25, 0.3) is 0 Å². The Kier molecular flexibility index (Phi) is 5.09. The zero-order valence-corrected chi connectivity index (χ0v) is 12.1. The minimum absolute atomic E-state index is 0.0274. The molecule has 1 saturated carbocycles. The van der Waals surface area contributed by atoms with Gasteiger partial charge in [0.05, 0.1) is 20.3 Å². The molecule has 1 aromatic rings. The lowest BCUT2D eigenvalue weighted by Crippen LogP contribution is -2.34. The molecule has 1 aliphatic rings. The first-order valence-electron chi connectivity index (χ1n) is 6.99. The Balaban J connectivity index is 1.98. The highest BCUT2D eigenvalue weighted by molar-refractivity contribution is 5.52. The van der Waals surface area contributed by atoms with E-state index in [4.69, 9.17) is 9.47 Å². The highest BCUT2D eigenvalue weighted by Gasteiger charge is 2.19. The van der Waals surface area contributed by atoms with Crippen molar-refractivity contribution in [3.05, 3.63) is 17.7 Å². The van der Waals surface area contributed by atoms with E-state index in [1.54, 1.807) is 0 Å². The number of hydrogen-bond acceptors (Lipinski definition) is 5. The molecule has 1 fully saturated rings. The minimum atomic E-state index is -0.137. The van der Waals surface area contributed by atoms with Crippen LogP contribution < -0.4 is 14.8 Å². The van der Waals surface area contributed by atoms with Gasteiger partial charge in [-0.1, -0.05) is 0 Å². The van der Waals surface area contributed by atoms with Gasteiger partial charge in [0, 0.05) is 12.6 Å². The molecule has 1 aromatic carbocycles. The van der Waals surface area contributed by atoms with Gasteiger partial charge in [-0.2, -0.15) is 0 Å². The summed E-state index contributed by atoms with van der Waals surface area (Å²) in [5.74, 6) is 0.861. The van der Waals surface area contributed by atoms with Crippen molar-refractivity contribution in [3.63, 3.8) is 0 Å². The van der Waals surface area contributed by atoms with Crippen molar-refractivity contribution in [2.24, 2.45) is 0 Å². The van der Waals surface area contributed by atoms with Crippen LogP contribution in [-0.4, -0.2) is 36.6 Å². The molecule has 5 heteroatoms. The fraction of sp³-hybridized carbons (Fsp3) is 0.600. The summed E-state index contributed by atoms with van der Waals surface area (Å²) in [6.07, 6.45) is 3.57. The number of aliphatic hydroxyl groups is 1. The van der Waals surface area contributed by atoms with Crippen molar-refractivity contribution in [1.82, 2.24) is 5.32 Å². The minimum Gasteiger partial charge on any atom is -0.502 e. The van der Waals surface area contributed by atoms with Gasteiger partial charge in [-0.3, -0.25) is 0 Å². The second kappa shape index (κ2) is 6.81. The number of aromatic hydroxyl groups is 1. The summed E-state index contributed by atoms with van der Waals surface area (Å²) in [5.41, 5.74) is 1.00. The molecule has 0 radical (unpaired) electrons. The highest BCUT2D eigenvalue weighted by atomic mass is 16.5. The third kappa shape index (κ3) is 3.55. The van der Waals surface area contributed by atoms with Crippen molar-refractivity contribution < 1.29 is 19.7 Å². The first-order valence-corrected chi connectivity index (χ1v) is 6.99. The molecular weight excluding hydrogens is 258 g/mol. The predicted octanol–water partition coefficient (Wildman–Crippen LogP) is 1.80. The van der Waals surface area contributed by atoms with E-state index in [1.807, 2.05) is 12.1 Å². The van der Waals surface area contributed by atoms with Crippen LogP contribution in [0.15, 0.2) is 12.1 Å². The fourth-order valence-corrected chi connectivity index (χ4v) is 2.59. The van der Waals surface area contributed by atoms with Crippen LogP contribution in [0.5, 0.6) is 17.2 Å². The van der Waals surface area contributed by atoms with E-state index in [2.05, 4.69) is 5.32 Å². The summed E-state index contributed by atoms with van der Waals surface area (Å²) in [6, 6.07) is 4.05. The Bertz CT molecular complexity index is 416. The number of rotatable bonds is 5. The monoisotopic (exact) mass is 281 g/mol. The van der Waals surface area contributed by atoms with Crippen LogP contribution in [0.2, 0.25) is 0 Å². The van der Waals surface area contributed by atoms with Gasteiger partial charge in [0.2, 0.25) is 5.75 Å². The summed E-state index contributed by atoms with van der Waals surface area (Å²) in [5, 5.41) is 22.8. The van der Waals surface area contributed by atoms with E-state index in [0.29, 0.717) is 24.1 Å². The second-order valence-electron chi connectivity index (χ2n) is 5.24.